The molecule has 0 bridgehead atoms. The summed E-state index contributed by atoms with van der Waals surface area (Å²) in [7, 11) is 0. The molecule has 2 atom stereocenters. The van der Waals surface area contributed by atoms with Crippen molar-refractivity contribution in [3.05, 3.63) is 59.7 Å². The van der Waals surface area contributed by atoms with Crippen LogP contribution in [0.2, 0.25) is 0 Å². The number of fused-ring (bicyclic) bond motifs is 1. The number of carbonyl (C=O) groups excluding carboxylic acids is 1. The molecule has 1 aliphatic rings. The topological polar surface area (TPSA) is 79.8 Å². The fourth-order valence-electron chi connectivity index (χ4n) is 3.77. The van der Waals surface area contributed by atoms with Crippen LogP contribution in [0.3, 0.4) is 0 Å². The van der Waals surface area contributed by atoms with Gasteiger partial charge in [0, 0.05) is 24.9 Å². The number of hydrogen-bond acceptors (Lipinski definition) is 6. The first-order chi connectivity index (χ1) is 15.6. The molecular formula is C25H35ClN2O4S. The number of nitrogens with one attached hydrogen (secondary N) is 2. The second kappa shape index (κ2) is 15.1. The Hall–Kier alpha value is -1.93. The van der Waals surface area contributed by atoms with Gasteiger partial charge in [0.25, 0.3) is 5.91 Å². The third-order valence-electron chi connectivity index (χ3n) is 5.47. The molecule has 0 fully saturated rings. The molecule has 1 amide bonds. The van der Waals surface area contributed by atoms with Crippen molar-refractivity contribution in [2.75, 3.05) is 38.3 Å². The van der Waals surface area contributed by atoms with Gasteiger partial charge in [-0.05, 0) is 67.3 Å². The summed E-state index contributed by atoms with van der Waals surface area (Å²) < 4.78 is 11.4. The lowest BCUT2D eigenvalue weighted by atomic mass is 10.0. The van der Waals surface area contributed by atoms with Crippen molar-refractivity contribution in [2.45, 2.75) is 37.8 Å². The zero-order chi connectivity index (χ0) is 22.6. The van der Waals surface area contributed by atoms with Gasteiger partial charge in [0.2, 0.25) is 0 Å². The Morgan fingerprint density at radius 2 is 1.97 bits per heavy atom. The maximum Gasteiger partial charge on any atom is 0.257 e. The van der Waals surface area contributed by atoms with Crippen LogP contribution in [-0.2, 0) is 17.6 Å². The van der Waals surface area contributed by atoms with E-state index in [4.69, 9.17) is 9.47 Å². The molecule has 1 aliphatic carbocycles. The minimum Gasteiger partial charge on any atom is -0.491 e. The number of ether oxygens (including phenoxy) is 2. The largest absolute Gasteiger partial charge is 0.491 e. The third kappa shape index (κ3) is 9.84. The number of rotatable bonds is 12. The maximum absolute atomic E-state index is 11.9. The van der Waals surface area contributed by atoms with Crippen molar-refractivity contribution in [1.29, 1.82) is 0 Å². The molecule has 3 rings (SSSR count). The summed E-state index contributed by atoms with van der Waals surface area (Å²) in [5.74, 6) is 2.29. The molecular weight excluding hydrogens is 460 g/mol. The zero-order valence-electron chi connectivity index (χ0n) is 19.1. The van der Waals surface area contributed by atoms with Crippen LogP contribution in [-0.4, -0.2) is 61.5 Å². The predicted octanol–water partition coefficient (Wildman–Crippen LogP) is 3.24. The lowest BCUT2D eigenvalue weighted by Gasteiger charge is -2.20. The summed E-state index contributed by atoms with van der Waals surface area (Å²) in [6.07, 6.45) is 5.49. The first-order valence-corrected chi connectivity index (χ1v) is 12.6. The summed E-state index contributed by atoms with van der Waals surface area (Å²) in [5, 5.41) is 16.7. The van der Waals surface area contributed by atoms with E-state index in [0.717, 1.165) is 42.9 Å². The minimum atomic E-state index is -0.572. The molecule has 2 aromatic carbocycles. The lowest BCUT2D eigenvalue weighted by molar-refractivity contribution is -0.122. The van der Waals surface area contributed by atoms with Crippen molar-refractivity contribution in [2.24, 2.45) is 0 Å². The van der Waals surface area contributed by atoms with Crippen LogP contribution in [0.15, 0.2) is 48.5 Å². The van der Waals surface area contributed by atoms with Crippen molar-refractivity contribution >= 4 is 30.1 Å². The second-order valence-electron chi connectivity index (χ2n) is 8.04. The van der Waals surface area contributed by atoms with E-state index in [1.165, 1.54) is 11.1 Å². The van der Waals surface area contributed by atoms with Crippen LogP contribution in [0.4, 0.5) is 0 Å². The van der Waals surface area contributed by atoms with E-state index in [1.54, 1.807) is 11.8 Å². The van der Waals surface area contributed by atoms with Crippen LogP contribution in [0.25, 0.3) is 0 Å². The highest BCUT2D eigenvalue weighted by atomic mass is 35.5. The smallest absolute Gasteiger partial charge is 0.257 e. The SMILES string of the molecule is CSCCNC(=O)COc1ccc2c(c1)CC(NC[C@H](O)COc1ccccc1)CCC2.Cl. The van der Waals surface area contributed by atoms with Gasteiger partial charge in [0.15, 0.2) is 6.61 Å². The summed E-state index contributed by atoms with van der Waals surface area (Å²) in [5.41, 5.74) is 2.58. The number of aliphatic hydroxyl groups excluding tert-OH is 1. The van der Waals surface area contributed by atoms with Crippen molar-refractivity contribution in [3.63, 3.8) is 0 Å². The highest BCUT2D eigenvalue weighted by Crippen LogP contribution is 2.25. The van der Waals surface area contributed by atoms with Gasteiger partial charge < -0.3 is 25.2 Å². The molecule has 0 aromatic heterocycles. The van der Waals surface area contributed by atoms with Gasteiger partial charge >= 0.3 is 0 Å². The number of hydrogen-bond donors (Lipinski definition) is 3. The van der Waals surface area contributed by atoms with Crippen molar-refractivity contribution in [1.82, 2.24) is 10.6 Å². The molecule has 0 aliphatic heterocycles. The molecule has 0 saturated heterocycles. The van der Waals surface area contributed by atoms with Crippen LogP contribution in [0.1, 0.15) is 24.0 Å². The Morgan fingerprint density at radius 1 is 1.15 bits per heavy atom. The number of para-hydroxylation sites is 1. The van der Waals surface area contributed by atoms with Gasteiger partial charge in [-0.25, -0.2) is 0 Å². The van der Waals surface area contributed by atoms with Gasteiger partial charge in [-0.1, -0.05) is 24.3 Å². The first-order valence-electron chi connectivity index (χ1n) is 11.2. The quantitative estimate of drug-likeness (QED) is 0.310. The number of aliphatic hydroxyl groups is 1. The van der Waals surface area contributed by atoms with Gasteiger partial charge in [-0.15, -0.1) is 12.4 Å². The molecule has 33 heavy (non-hydrogen) atoms. The molecule has 0 heterocycles. The molecule has 0 saturated carbocycles. The Bertz CT molecular complexity index is 840. The molecule has 0 radical (unpaired) electrons. The summed E-state index contributed by atoms with van der Waals surface area (Å²) >= 11 is 1.70. The number of aryl methyl sites for hydroxylation is 1. The maximum atomic E-state index is 11.9. The Labute approximate surface area is 207 Å². The molecule has 182 valence electrons. The summed E-state index contributed by atoms with van der Waals surface area (Å²) in [4.78, 5) is 11.9. The van der Waals surface area contributed by atoms with E-state index < -0.39 is 6.10 Å². The van der Waals surface area contributed by atoms with E-state index >= 15 is 0 Å². The molecule has 8 heteroatoms. The normalized spacial score (nSPS) is 16.0. The number of benzene rings is 2. The molecule has 3 N–H and O–H groups in total. The van der Waals surface area contributed by atoms with E-state index in [1.807, 2.05) is 42.7 Å². The van der Waals surface area contributed by atoms with Crippen LogP contribution >= 0.6 is 24.2 Å². The molecule has 2 aromatic rings. The fourth-order valence-corrected chi connectivity index (χ4v) is 4.08. The highest BCUT2D eigenvalue weighted by molar-refractivity contribution is 7.98. The van der Waals surface area contributed by atoms with E-state index in [2.05, 4.69) is 22.8 Å². The Balaban J connectivity index is 0.00000385. The standard InChI is InChI=1S/C25H34N2O4S.ClH/c1-32-13-12-26-25(29)18-31-24-11-10-19-6-5-7-21(14-20(19)15-24)27-16-22(28)17-30-23-8-3-2-4-9-23;/h2-4,8-11,15,21-22,27-28H,5-7,12-14,16-18H2,1H3,(H,26,29);1H/t21?,22-;/m0./s1. The number of amides is 1. The van der Waals surface area contributed by atoms with Gasteiger partial charge in [-0.2, -0.15) is 11.8 Å². The predicted molar refractivity (Wildman–Crippen MR) is 137 cm³/mol. The second-order valence-corrected chi connectivity index (χ2v) is 9.03. The average molecular weight is 495 g/mol. The van der Waals surface area contributed by atoms with Crippen molar-refractivity contribution in [3.8, 4) is 11.5 Å². The van der Waals surface area contributed by atoms with Crippen LogP contribution in [0, 0.1) is 0 Å². The summed E-state index contributed by atoms with van der Waals surface area (Å²) in [6.45, 7) is 1.43. The highest BCUT2D eigenvalue weighted by Gasteiger charge is 2.18. The Morgan fingerprint density at radius 3 is 2.76 bits per heavy atom. The van der Waals surface area contributed by atoms with Crippen molar-refractivity contribution < 1.29 is 19.4 Å². The molecule has 1 unspecified atom stereocenters. The summed E-state index contributed by atoms with van der Waals surface area (Å²) in [6, 6.07) is 15.9. The molecule has 6 nitrogen and oxygen atoms in total. The number of thioether (sulfide) groups is 1. The molecule has 0 spiro atoms. The van der Waals surface area contributed by atoms with Gasteiger partial charge in [0.05, 0.1) is 0 Å². The first kappa shape index (κ1) is 27.3. The van der Waals surface area contributed by atoms with Gasteiger partial charge in [0.1, 0.15) is 24.2 Å². The van der Waals surface area contributed by atoms with Gasteiger partial charge in [-0.3, -0.25) is 4.79 Å². The van der Waals surface area contributed by atoms with E-state index in [9.17, 15) is 9.90 Å². The third-order valence-corrected chi connectivity index (χ3v) is 6.08. The average Bonchev–Trinajstić information content (AvgIpc) is 3.02. The van der Waals surface area contributed by atoms with Crippen LogP contribution < -0.4 is 20.1 Å². The lowest BCUT2D eigenvalue weighted by Crippen LogP contribution is -2.39. The minimum absolute atomic E-state index is 0. The fraction of sp³-hybridized carbons (Fsp3) is 0.480. The monoisotopic (exact) mass is 494 g/mol. The number of halogens is 1. The van der Waals surface area contributed by atoms with Crippen LogP contribution in [0.5, 0.6) is 11.5 Å². The number of carbonyl (C=O) groups is 1. The van der Waals surface area contributed by atoms with E-state index in [0.29, 0.717) is 13.1 Å². The Kier molecular flexibility index (Phi) is 12.5. The van der Waals surface area contributed by atoms with E-state index in [-0.39, 0.29) is 37.6 Å². The zero-order valence-corrected chi connectivity index (χ0v) is 20.8.